The number of rotatable bonds is 3. The Morgan fingerprint density at radius 1 is 1.40 bits per heavy atom. The number of amides is 1. The lowest BCUT2D eigenvalue weighted by atomic mass is 10.1. The van der Waals surface area contributed by atoms with Crippen molar-refractivity contribution in [3.63, 3.8) is 0 Å². The summed E-state index contributed by atoms with van der Waals surface area (Å²) in [7, 11) is 0. The van der Waals surface area contributed by atoms with Crippen LogP contribution in [0.4, 0.5) is 0 Å². The number of carbonyl (C=O) groups is 1. The van der Waals surface area contributed by atoms with Gasteiger partial charge in [0, 0.05) is 30.8 Å². The zero-order valence-corrected chi connectivity index (χ0v) is 11.5. The number of carbonyl (C=O) groups excluding carboxylic acids is 1. The molecule has 1 aromatic rings. The Hall–Kier alpha value is -1.83. The Morgan fingerprint density at radius 2 is 2.15 bits per heavy atom. The summed E-state index contributed by atoms with van der Waals surface area (Å²) in [5, 5.41) is 8.94. The molecule has 1 aliphatic rings. The minimum absolute atomic E-state index is 0.0590. The maximum absolute atomic E-state index is 12.3. The van der Waals surface area contributed by atoms with E-state index in [2.05, 4.69) is 11.8 Å². The van der Waals surface area contributed by atoms with E-state index in [0.717, 1.165) is 31.5 Å². The molecule has 0 radical (unpaired) electrons. The molecule has 0 saturated carbocycles. The van der Waals surface area contributed by atoms with Crippen LogP contribution in [-0.4, -0.2) is 42.2 Å². The number of nitrogens with two attached hydrogens (primary N) is 1. The summed E-state index contributed by atoms with van der Waals surface area (Å²) in [6.45, 7) is 2.05. The van der Waals surface area contributed by atoms with E-state index in [1.165, 1.54) is 0 Å². The van der Waals surface area contributed by atoms with Crippen molar-refractivity contribution in [3.8, 4) is 11.8 Å². The van der Waals surface area contributed by atoms with Gasteiger partial charge in [-0.1, -0.05) is 11.8 Å². The lowest BCUT2D eigenvalue weighted by Gasteiger charge is -2.16. The number of nitrogens with zero attached hydrogens (tertiary/aromatic N) is 1. The quantitative estimate of drug-likeness (QED) is 0.801. The van der Waals surface area contributed by atoms with Crippen molar-refractivity contribution in [2.45, 2.75) is 12.8 Å². The fourth-order valence-electron chi connectivity index (χ4n) is 2.47. The summed E-state index contributed by atoms with van der Waals surface area (Å²) in [5.74, 6) is 6.21. The SMILES string of the molecule is NCC#Cc1ccc(C(=O)N2CCC(CCO)C2)cc1. The molecule has 106 valence electrons. The van der Waals surface area contributed by atoms with Gasteiger partial charge in [-0.2, -0.15) is 0 Å². The molecule has 1 amide bonds. The van der Waals surface area contributed by atoms with Gasteiger partial charge in [-0.05, 0) is 43.0 Å². The van der Waals surface area contributed by atoms with Crippen LogP contribution in [0.3, 0.4) is 0 Å². The van der Waals surface area contributed by atoms with Crippen molar-refractivity contribution in [3.05, 3.63) is 35.4 Å². The number of hydrogen-bond donors (Lipinski definition) is 2. The molecule has 4 nitrogen and oxygen atoms in total. The van der Waals surface area contributed by atoms with E-state index in [-0.39, 0.29) is 12.5 Å². The second-order valence-corrected chi connectivity index (χ2v) is 5.00. The van der Waals surface area contributed by atoms with Crippen molar-refractivity contribution in [1.29, 1.82) is 0 Å². The Morgan fingerprint density at radius 3 is 2.80 bits per heavy atom. The molecule has 20 heavy (non-hydrogen) atoms. The predicted octanol–water partition coefficient (Wildman–Crippen LogP) is 0.841. The summed E-state index contributed by atoms with van der Waals surface area (Å²) in [5.41, 5.74) is 6.88. The third-order valence-electron chi connectivity index (χ3n) is 3.58. The van der Waals surface area contributed by atoms with Crippen LogP contribution in [0, 0.1) is 17.8 Å². The molecule has 1 unspecified atom stereocenters. The average molecular weight is 272 g/mol. The van der Waals surface area contributed by atoms with Crippen LogP contribution in [-0.2, 0) is 0 Å². The van der Waals surface area contributed by atoms with Gasteiger partial charge in [0.25, 0.3) is 5.91 Å². The lowest BCUT2D eigenvalue weighted by molar-refractivity contribution is 0.0785. The molecule has 0 aliphatic carbocycles. The number of aliphatic hydroxyl groups excluding tert-OH is 1. The topological polar surface area (TPSA) is 66.6 Å². The van der Waals surface area contributed by atoms with Gasteiger partial charge in [-0.25, -0.2) is 0 Å². The first-order valence-electron chi connectivity index (χ1n) is 6.93. The van der Waals surface area contributed by atoms with Gasteiger partial charge in [0.05, 0.1) is 6.54 Å². The second-order valence-electron chi connectivity index (χ2n) is 5.00. The summed E-state index contributed by atoms with van der Waals surface area (Å²) in [4.78, 5) is 14.2. The number of benzene rings is 1. The van der Waals surface area contributed by atoms with Crippen LogP contribution in [0.5, 0.6) is 0 Å². The molecule has 0 bridgehead atoms. The normalized spacial score (nSPS) is 17.7. The Balaban J connectivity index is 1.99. The summed E-state index contributed by atoms with van der Waals surface area (Å²) in [6, 6.07) is 7.30. The predicted molar refractivity (Wildman–Crippen MR) is 78.1 cm³/mol. The van der Waals surface area contributed by atoms with E-state index < -0.39 is 0 Å². The highest BCUT2D eigenvalue weighted by Crippen LogP contribution is 2.21. The molecule has 1 atom stereocenters. The summed E-state index contributed by atoms with van der Waals surface area (Å²) >= 11 is 0. The van der Waals surface area contributed by atoms with Gasteiger partial charge in [-0.3, -0.25) is 4.79 Å². The first-order valence-corrected chi connectivity index (χ1v) is 6.93. The Bertz CT molecular complexity index is 514. The minimum Gasteiger partial charge on any atom is -0.396 e. The smallest absolute Gasteiger partial charge is 0.253 e. The van der Waals surface area contributed by atoms with Crippen LogP contribution < -0.4 is 5.73 Å². The highest BCUT2D eigenvalue weighted by Gasteiger charge is 2.26. The molecule has 4 heteroatoms. The lowest BCUT2D eigenvalue weighted by Crippen LogP contribution is -2.28. The molecule has 1 heterocycles. The third kappa shape index (κ3) is 3.60. The van der Waals surface area contributed by atoms with E-state index >= 15 is 0 Å². The van der Waals surface area contributed by atoms with Crippen molar-refractivity contribution in [1.82, 2.24) is 4.90 Å². The molecular formula is C16H20N2O2. The largest absolute Gasteiger partial charge is 0.396 e. The zero-order chi connectivity index (χ0) is 14.4. The van der Waals surface area contributed by atoms with Gasteiger partial charge in [0.1, 0.15) is 0 Å². The van der Waals surface area contributed by atoms with Gasteiger partial charge in [0.15, 0.2) is 0 Å². The van der Waals surface area contributed by atoms with Gasteiger partial charge < -0.3 is 15.7 Å². The number of hydrogen-bond acceptors (Lipinski definition) is 3. The molecular weight excluding hydrogens is 252 g/mol. The van der Waals surface area contributed by atoms with Gasteiger partial charge >= 0.3 is 0 Å². The first kappa shape index (κ1) is 14.6. The van der Waals surface area contributed by atoms with E-state index in [9.17, 15) is 4.79 Å². The van der Waals surface area contributed by atoms with Crippen LogP contribution in [0.2, 0.25) is 0 Å². The Labute approximate surface area is 119 Å². The molecule has 1 saturated heterocycles. The molecule has 2 rings (SSSR count). The molecule has 0 spiro atoms. The minimum atomic E-state index is 0.0590. The van der Waals surface area contributed by atoms with E-state index in [1.54, 1.807) is 0 Å². The average Bonchev–Trinajstić information content (AvgIpc) is 2.94. The van der Waals surface area contributed by atoms with E-state index in [4.69, 9.17) is 10.8 Å². The highest BCUT2D eigenvalue weighted by atomic mass is 16.3. The van der Waals surface area contributed by atoms with Crippen LogP contribution in [0.15, 0.2) is 24.3 Å². The van der Waals surface area contributed by atoms with E-state index in [1.807, 2.05) is 29.2 Å². The summed E-state index contributed by atoms with van der Waals surface area (Å²) in [6.07, 6.45) is 1.75. The number of likely N-dealkylation sites (tertiary alicyclic amines) is 1. The molecule has 1 aromatic carbocycles. The van der Waals surface area contributed by atoms with Gasteiger partial charge in [-0.15, -0.1) is 0 Å². The maximum atomic E-state index is 12.3. The van der Waals surface area contributed by atoms with Crippen LogP contribution in [0.25, 0.3) is 0 Å². The standard InChI is InChI=1S/C16H20N2O2/c17-9-1-2-13-3-5-15(6-4-13)16(20)18-10-7-14(12-18)8-11-19/h3-6,14,19H,7-12,17H2. The molecule has 3 N–H and O–H groups in total. The fourth-order valence-corrected chi connectivity index (χ4v) is 2.47. The zero-order valence-electron chi connectivity index (χ0n) is 11.5. The van der Waals surface area contributed by atoms with Crippen molar-refractivity contribution >= 4 is 5.91 Å². The van der Waals surface area contributed by atoms with Crippen LogP contribution >= 0.6 is 0 Å². The van der Waals surface area contributed by atoms with Crippen molar-refractivity contribution in [2.24, 2.45) is 11.7 Å². The van der Waals surface area contributed by atoms with Gasteiger partial charge in [0.2, 0.25) is 0 Å². The molecule has 1 aliphatic heterocycles. The fraction of sp³-hybridized carbons (Fsp3) is 0.438. The monoisotopic (exact) mass is 272 g/mol. The first-order chi connectivity index (χ1) is 9.74. The van der Waals surface area contributed by atoms with Crippen molar-refractivity contribution < 1.29 is 9.90 Å². The molecule has 0 aromatic heterocycles. The third-order valence-corrected chi connectivity index (χ3v) is 3.58. The molecule has 1 fully saturated rings. The second kappa shape index (κ2) is 7.09. The maximum Gasteiger partial charge on any atom is 0.253 e. The van der Waals surface area contributed by atoms with E-state index in [0.29, 0.717) is 18.0 Å². The van der Waals surface area contributed by atoms with Crippen molar-refractivity contribution in [2.75, 3.05) is 26.2 Å². The van der Waals surface area contributed by atoms with Crippen LogP contribution in [0.1, 0.15) is 28.8 Å². The number of aliphatic hydroxyl groups is 1. The summed E-state index contributed by atoms with van der Waals surface area (Å²) < 4.78 is 0. The Kier molecular flexibility index (Phi) is 5.16. The highest BCUT2D eigenvalue weighted by molar-refractivity contribution is 5.94.